The Morgan fingerprint density at radius 3 is 2.71 bits per heavy atom. The first kappa shape index (κ1) is 21.0. The number of hydrogen-bond acceptors (Lipinski definition) is 8. The second kappa shape index (κ2) is 8.44. The molecule has 0 spiro atoms. The summed E-state index contributed by atoms with van der Waals surface area (Å²) in [6, 6.07) is 10.1. The van der Waals surface area contributed by atoms with Crippen LogP contribution in [0.2, 0.25) is 0 Å². The van der Waals surface area contributed by atoms with Crippen LogP contribution in [0.15, 0.2) is 62.8 Å². The number of methoxy groups -OCH3 is 1. The first-order chi connectivity index (χ1) is 14.9. The van der Waals surface area contributed by atoms with Crippen LogP contribution in [0.5, 0.6) is 5.75 Å². The highest BCUT2D eigenvalue weighted by molar-refractivity contribution is 7.10. The highest BCUT2D eigenvalue weighted by atomic mass is 32.1. The highest BCUT2D eigenvalue weighted by Gasteiger charge is 2.33. The largest absolute Gasteiger partial charge is 0.466 e. The van der Waals surface area contributed by atoms with Gasteiger partial charge in [0.15, 0.2) is 4.80 Å². The molecule has 0 saturated heterocycles. The smallest absolute Gasteiger partial charge is 0.338 e. The van der Waals surface area contributed by atoms with E-state index in [9.17, 15) is 14.4 Å². The third-order valence-corrected chi connectivity index (χ3v) is 6.56. The van der Waals surface area contributed by atoms with E-state index in [1.165, 1.54) is 41.3 Å². The molecule has 158 valence electrons. The van der Waals surface area contributed by atoms with Gasteiger partial charge in [-0.05, 0) is 42.1 Å². The van der Waals surface area contributed by atoms with Gasteiger partial charge in [-0.25, -0.2) is 9.79 Å². The number of fused-ring (bicyclic) bond motifs is 1. The normalized spacial score (nSPS) is 16.0. The maximum absolute atomic E-state index is 13.4. The van der Waals surface area contributed by atoms with Gasteiger partial charge in [0.2, 0.25) is 0 Å². The average Bonchev–Trinajstić information content (AvgIpc) is 3.35. The molecule has 7 nitrogen and oxygen atoms in total. The molecule has 1 unspecified atom stereocenters. The Morgan fingerprint density at radius 2 is 2.03 bits per heavy atom. The molecular weight excluding hydrogens is 436 g/mol. The van der Waals surface area contributed by atoms with Crippen LogP contribution in [0.4, 0.5) is 0 Å². The van der Waals surface area contributed by atoms with E-state index in [2.05, 4.69) is 4.99 Å². The van der Waals surface area contributed by atoms with E-state index in [1.807, 2.05) is 23.6 Å². The zero-order valence-corrected chi connectivity index (χ0v) is 18.6. The third kappa shape index (κ3) is 4.01. The number of aromatic nitrogens is 1. The van der Waals surface area contributed by atoms with Gasteiger partial charge in [-0.1, -0.05) is 29.5 Å². The summed E-state index contributed by atoms with van der Waals surface area (Å²) in [5.41, 5.74) is 1.32. The molecule has 1 atom stereocenters. The van der Waals surface area contributed by atoms with Crippen LogP contribution < -0.4 is 19.6 Å². The fourth-order valence-electron chi connectivity index (χ4n) is 3.39. The summed E-state index contributed by atoms with van der Waals surface area (Å²) in [6.07, 6.45) is 1.72. The monoisotopic (exact) mass is 454 g/mol. The lowest BCUT2D eigenvalue weighted by Crippen LogP contribution is -2.39. The number of carbonyl (C=O) groups excluding carboxylic acids is 2. The van der Waals surface area contributed by atoms with Gasteiger partial charge in [0, 0.05) is 11.8 Å². The van der Waals surface area contributed by atoms with Gasteiger partial charge in [0.25, 0.3) is 5.56 Å². The molecule has 31 heavy (non-hydrogen) atoms. The summed E-state index contributed by atoms with van der Waals surface area (Å²) in [5, 5.41) is 1.90. The van der Waals surface area contributed by atoms with Crippen molar-refractivity contribution in [3.05, 3.63) is 83.2 Å². The number of esters is 2. The molecule has 9 heteroatoms. The summed E-state index contributed by atoms with van der Waals surface area (Å²) < 4.78 is 12.1. The third-order valence-electron chi connectivity index (χ3n) is 4.66. The SMILES string of the molecule is COC(=O)C1=C(C)N=c2s/c(=C\c3cccc(OC(C)=O)c3)c(=O)n2C1c1cccs1. The molecule has 3 heterocycles. The van der Waals surface area contributed by atoms with Crippen molar-refractivity contribution in [2.45, 2.75) is 19.9 Å². The molecule has 0 fully saturated rings. The van der Waals surface area contributed by atoms with E-state index in [4.69, 9.17) is 9.47 Å². The van der Waals surface area contributed by atoms with Crippen LogP contribution in [0.3, 0.4) is 0 Å². The number of ether oxygens (including phenoxy) is 2. The Balaban J connectivity index is 1.89. The van der Waals surface area contributed by atoms with Crippen molar-refractivity contribution in [2.75, 3.05) is 7.11 Å². The van der Waals surface area contributed by atoms with Crippen molar-refractivity contribution < 1.29 is 19.1 Å². The molecule has 2 aromatic heterocycles. The van der Waals surface area contributed by atoms with Gasteiger partial charge in [-0.3, -0.25) is 14.2 Å². The molecule has 0 N–H and O–H groups in total. The molecular formula is C22H18N2O5S2. The first-order valence-corrected chi connectivity index (χ1v) is 11.0. The number of thiazole rings is 1. The summed E-state index contributed by atoms with van der Waals surface area (Å²) >= 11 is 2.70. The van der Waals surface area contributed by atoms with Gasteiger partial charge < -0.3 is 9.47 Å². The molecule has 4 rings (SSSR count). The molecule has 0 bridgehead atoms. The van der Waals surface area contributed by atoms with Crippen molar-refractivity contribution in [3.63, 3.8) is 0 Å². The Labute approximate surface area is 185 Å². The summed E-state index contributed by atoms with van der Waals surface area (Å²) in [6.45, 7) is 3.07. The number of benzene rings is 1. The molecule has 0 saturated carbocycles. The molecule has 1 aromatic carbocycles. The number of rotatable bonds is 4. The van der Waals surface area contributed by atoms with Gasteiger partial charge in [-0.15, -0.1) is 11.3 Å². The lowest BCUT2D eigenvalue weighted by molar-refractivity contribution is -0.136. The van der Waals surface area contributed by atoms with Crippen LogP contribution in [-0.4, -0.2) is 23.6 Å². The Bertz CT molecular complexity index is 1380. The lowest BCUT2D eigenvalue weighted by Gasteiger charge is -2.22. The van der Waals surface area contributed by atoms with E-state index in [-0.39, 0.29) is 5.56 Å². The lowest BCUT2D eigenvalue weighted by atomic mass is 10.0. The molecule has 1 aliphatic heterocycles. The topological polar surface area (TPSA) is 87.0 Å². The Kier molecular flexibility index (Phi) is 5.71. The van der Waals surface area contributed by atoms with Gasteiger partial charge >= 0.3 is 11.9 Å². The number of hydrogen-bond donors (Lipinski definition) is 0. The number of allylic oxidation sites excluding steroid dienone is 1. The minimum absolute atomic E-state index is 0.256. The number of carbonyl (C=O) groups is 2. The van der Waals surface area contributed by atoms with Crippen LogP contribution in [0.25, 0.3) is 6.08 Å². The molecule has 0 radical (unpaired) electrons. The Hall–Kier alpha value is -3.30. The second-order valence-corrected chi connectivity index (χ2v) is 8.74. The second-order valence-electron chi connectivity index (χ2n) is 6.75. The van der Waals surface area contributed by atoms with E-state index in [0.717, 1.165) is 4.88 Å². The average molecular weight is 455 g/mol. The van der Waals surface area contributed by atoms with Gasteiger partial charge in [0.05, 0.1) is 22.9 Å². The van der Waals surface area contributed by atoms with Gasteiger partial charge in [-0.2, -0.15) is 0 Å². The summed E-state index contributed by atoms with van der Waals surface area (Å²) in [5.74, 6) is -0.532. The highest BCUT2D eigenvalue weighted by Crippen LogP contribution is 2.32. The van der Waals surface area contributed by atoms with Crippen molar-refractivity contribution in [2.24, 2.45) is 4.99 Å². The van der Waals surface area contributed by atoms with Crippen LogP contribution in [-0.2, 0) is 14.3 Å². The van der Waals surface area contributed by atoms with Crippen molar-refractivity contribution >= 4 is 40.7 Å². The predicted molar refractivity (Wildman–Crippen MR) is 118 cm³/mol. The number of thiophene rings is 1. The summed E-state index contributed by atoms with van der Waals surface area (Å²) in [7, 11) is 1.31. The standard InChI is InChI=1S/C22H18N2O5S2/c1-12-18(21(27)28-3)19(16-8-5-9-30-16)24-20(26)17(31-22(24)23-12)11-14-6-4-7-15(10-14)29-13(2)25/h4-11,19H,1-3H3/b17-11-. The fourth-order valence-corrected chi connectivity index (χ4v) is 5.26. The molecule has 3 aromatic rings. The molecule has 1 aliphatic rings. The van der Waals surface area contributed by atoms with Crippen LogP contribution in [0, 0.1) is 0 Å². The minimum Gasteiger partial charge on any atom is -0.466 e. The molecule has 0 aliphatic carbocycles. The van der Waals surface area contributed by atoms with Crippen LogP contribution >= 0.6 is 22.7 Å². The van der Waals surface area contributed by atoms with Gasteiger partial charge in [0.1, 0.15) is 11.8 Å². The first-order valence-electron chi connectivity index (χ1n) is 9.32. The van der Waals surface area contributed by atoms with E-state index in [0.29, 0.717) is 31.9 Å². The Morgan fingerprint density at radius 1 is 1.23 bits per heavy atom. The maximum Gasteiger partial charge on any atom is 0.338 e. The van der Waals surface area contributed by atoms with E-state index in [1.54, 1.807) is 31.2 Å². The van der Waals surface area contributed by atoms with Crippen LogP contribution in [0.1, 0.15) is 30.3 Å². The fraction of sp³-hybridized carbons (Fsp3) is 0.182. The van der Waals surface area contributed by atoms with Crippen molar-refractivity contribution in [1.29, 1.82) is 0 Å². The van der Waals surface area contributed by atoms with Crippen molar-refractivity contribution in [1.82, 2.24) is 4.57 Å². The number of nitrogens with zero attached hydrogens (tertiary/aromatic N) is 2. The minimum atomic E-state index is -0.599. The maximum atomic E-state index is 13.4. The zero-order valence-electron chi connectivity index (χ0n) is 16.9. The molecule has 0 amide bonds. The quantitative estimate of drug-likeness (QED) is 0.446. The predicted octanol–water partition coefficient (Wildman–Crippen LogP) is 2.40. The summed E-state index contributed by atoms with van der Waals surface area (Å²) in [4.78, 5) is 43.0. The van der Waals surface area contributed by atoms with Crippen molar-refractivity contribution in [3.8, 4) is 5.75 Å². The van der Waals surface area contributed by atoms with E-state index >= 15 is 0 Å². The van der Waals surface area contributed by atoms with E-state index < -0.39 is 18.0 Å². The zero-order chi connectivity index (χ0) is 22.1.